The van der Waals surface area contributed by atoms with Crippen molar-refractivity contribution in [3.05, 3.63) is 38.9 Å². The van der Waals surface area contributed by atoms with Gasteiger partial charge in [0.1, 0.15) is 4.21 Å². The van der Waals surface area contributed by atoms with E-state index in [4.69, 9.17) is 0 Å². The molecule has 2 heterocycles. The Labute approximate surface area is 127 Å². The first-order valence-electron chi connectivity index (χ1n) is 6.35. The number of nitrogens with one attached hydrogen (secondary N) is 2. The summed E-state index contributed by atoms with van der Waals surface area (Å²) < 4.78 is 27.4. The fraction of sp³-hybridized carbons (Fsp3) is 0.385. The predicted octanol–water partition coefficient (Wildman–Crippen LogP) is 2.71. The lowest BCUT2D eigenvalue weighted by molar-refractivity contribution is 0.584. The van der Waals surface area contributed by atoms with Crippen LogP contribution in [0.3, 0.4) is 0 Å². The minimum atomic E-state index is -3.41. The van der Waals surface area contributed by atoms with Crippen LogP contribution in [-0.2, 0) is 23.1 Å². The van der Waals surface area contributed by atoms with Crippen molar-refractivity contribution < 1.29 is 8.42 Å². The molecule has 7 heteroatoms. The maximum absolute atomic E-state index is 12.2. The van der Waals surface area contributed by atoms with Gasteiger partial charge in [0.25, 0.3) is 0 Å². The monoisotopic (exact) mass is 330 g/mol. The van der Waals surface area contributed by atoms with Crippen molar-refractivity contribution in [3.8, 4) is 0 Å². The average molecular weight is 330 g/mol. The van der Waals surface area contributed by atoms with E-state index >= 15 is 0 Å². The minimum absolute atomic E-state index is 0.348. The Kier molecular flexibility index (Phi) is 5.34. The highest BCUT2D eigenvalue weighted by Crippen LogP contribution is 2.22. The van der Waals surface area contributed by atoms with Crippen molar-refractivity contribution in [2.45, 2.75) is 31.1 Å². The van der Waals surface area contributed by atoms with Crippen LogP contribution in [0.5, 0.6) is 0 Å². The normalized spacial score (nSPS) is 11.9. The molecule has 2 aromatic rings. The lowest BCUT2D eigenvalue weighted by atomic mass is 10.4. The Balaban J connectivity index is 2.00. The molecular weight excluding hydrogens is 312 g/mol. The first-order chi connectivity index (χ1) is 9.51. The van der Waals surface area contributed by atoms with Crippen LogP contribution in [0.1, 0.15) is 21.6 Å². The van der Waals surface area contributed by atoms with Crippen molar-refractivity contribution in [2.75, 3.05) is 6.54 Å². The molecular formula is C13H18N2O2S3. The molecule has 0 aliphatic rings. The highest BCUT2D eigenvalue weighted by Gasteiger charge is 2.16. The fourth-order valence-corrected chi connectivity index (χ4v) is 4.96. The van der Waals surface area contributed by atoms with Crippen LogP contribution in [0, 0.1) is 6.92 Å². The zero-order valence-electron chi connectivity index (χ0n) is 11.5. The Hall–Kier alpha value is -0.730. The van der Waals surface area contributed by atoms with E-state index in [0.29, 0.717) is 17.3 Å². The summed E-state index contributed by atoms with van der Waals surface area (Å²) in [5, 5.41) is 3.19. The van der Waals surface area contributed by atoms with E-state index in [-0.39, 0.29) is 0 Å². The molecule has 0 unspecified atom stereocenters. The molecule has 0 atom stereocenters. The molecule has 0 amide bonds. The van der Waals surface area contributed by atoms with E-state index in [2.05, 4.69) is 10.0 Å². The number of thiophene rings is 2. The van der Waals surface area contributed by atoms with Gasteiger partial charge >= 0.3 is 0 Å². The molecule has 2 N–H and O–H groups in total. The maximum Gasteiger partial charge on any atom is 0.250 e. The zero-order valence-corrected chi connectivity index (χ0v) is 13.9. The first-order valence-corrected chi connectivity index (χ1v) is 9.47. The summed E-state index contributed by atoms with van der Waals surface area (Å²) in [5.74, 6) is 0. The SMILES string of the molecule is CCNCc1ccc(S(=O)(=O)NCc2ccc(C)s2)s1. The third kappa shape index (κ3) is 4.13. The van der Waals surface area contributed by atoms with Crippen molar-refractivity contribution in [3.63, 3.8) is 0 Å². The molecule has 2 rings (SSSR count). The van der Waals surface area contributed by atoms with Gasteiger partial charge in [-0.1, -0.05) is 6.92 Å². The molecule has 0 saturated carbocycles. The first kappa shape index (κ1) is 15.7. The van der Waals surface area contributed by atoms with E-state index in [1.807, 2.05) is 32.0 Å². The number of rotatable bonds is 7. The number of sulfonamides is 1. The Morgan fingerprint density at radius 2 is 1.75 bits per heavy atom. The summed E-state index contributed by atoms with van der Waals surface area (Å²) in [5.41, 5.74) is 0. The van der Waals surface area contributed by atoms with Crippen molar-refractivity contribution in [1.29, 1.82) is 0 Å². The van der Waals surface area contributed by atoms with E-state index in [1.54, 1.807) is 17.4 Å². The summed E-state index contributed by atoms with van der Waals surface area (Å²) in [6.45, 7) is 5.96. The minimum Gasteiger partial charge on any atom is -0.312 e. The van der Waals surface area contributed by atoms with Crippen LogP contribution < -0.4 is 10.0 Å². The molecule has 2 aromatic heterocycles. The third-order valence-corrected chi connectivity index (χ3v) is 6.66. The van der Waals surface area contributed by atoms with Gasteiger partial charge in [0, 0.05) is 27.7 Å². The van der Waals surface area contributed by atoms with Gasteiger partial charge < -0.3 is 5.32 Å². The van der Waals surface area contributed by atoms with Crippen molar-refractivity contribution >= 4 is 32.7 Å². The zero-order chi connectivity index (χ0) is 14.6. The molecule has 0 aromatic carbocycles. The molecule has 0 fully saturated rings. The van der Waals surface area contributed by atoms with Gasteiger partial charge in [0.2, 0.25) is 10.0 Å². The van der Waals surface area contributed by atoms with Gasteiger partial charge in [-0.2, -0.15) is 0 Å². The molecule has 0 saturated heterocycles. The lowest BCUT2D eigenvalue weighted by Crippen LogP contribution is -2.21. The van der Waals surface area contributed by atoms with Crippen LogP contribution >= 0.6 is 22.7 Å². The predicted molar refractivity (Wildman–Crippen MR) is 84.8 cm³/mol. The molecule has 0 aliphatic carbocycles. The summed E-state index contributed by atoms with van der Waals surface area (Å²) >= 11 is 2.92. The number of aryl methyl sites for hydroxylation is 1. The topological polar surface area (TPSA) is 58.2 Å². The molecule has 110 valence electrons. The van der Waals surface area contributed by atoms with Crippen LogP contribution in [0.15, 0.2) is 28.5 Å². The van der Waals surface area contributed by atoms with E-state index in [9.17, 15) is 8.42 Å². The highest BCUT2D eigenvalue weighted by molar-refractivity contribution is 7.91. The summed E-state index contributed by atoms with van der Waals surface area (Å²) in [6.07, 6.45) is 0. The van der Waals surface area contributed by atoms with Crippen LogP contribution in [0.2, 0.25) is 0 Å². The second-order valence-corrected chi connectivity index (χ2v) is 8.87. The van der Waals surface area contributed by atoms with Crippen LogP contribution in [0.4, 0.5) is 0 Å². The Bertz CT molecular complexity index is 659. The molecule has 0 radical (unpaired) electrons. The maximum atomic E-state index is 12.2. The van der Waals surface area contributed by atoms with Gasteiger partial charge in [-0.15, -0.1) is 22.7 Å². The van der Waals surface area contributed by atoms with Crippen molar-refractivity contribution in [2.24, 2.45) is 0 Å². The van der Waals surface area contributed by atoms with Gasteiger partial charge in [0.05, 0.1) is 0 Å². The third-order valence-electron chi connectivity index (χ3n) is 2.68. The Morgan fingerprint density at radius 3 is 2.40 bits per heavy atom. The molecule has 20 heavy (non-hydrogen) atoms. The summed E-state index contributed by atoms with van der Waals surface area (Å²) in [7, 11) is -3.41. The largest absolute Gasteiger partial charge is 0.312 e. The summed E-state index contributed by atoms with van der Waals surface area (Å²) in [6, 6.07) is 7.47. The van der Waals surface area contributed by atoms with Gasteiger partial charge in [-0.3, -0.25) is 0 Å². The smallest absolute Gasteiger partial charge is 0.250 e. The number of hydrogen-bond donors (Lipinski definition) is 2. The second-order valence-electron chi connectivity index (χ2n) is 4.34. The van der Waals surface area contributed by atoms with Crippen LogP contribution in [-0.4, -0.2) is 15.0 Å². The highest BCUT2D eigenvalue weighted by atomic mass is 32.2. The van der Waals surface area contributed by atoms with Gasteiger partial charge in [0.15, 0.2) is 0 Å². The van der Waals surface area contributed by atoms with Gasteiger partial charge in [-0.05, 0) is 37.7 Å². The second kappa shape index (κ2) is 6.82. The lowest BCUT2D eigenvalue weighted by Gasteiger charge is -2.03. The molecule has 0 aliphatic heterocycles. The summed E-state index contributed by atoms with van der Waals surface area (Å²) in [4.78, 5) is 3.23. The van der Waals surface area contributed by atoms with Gasteiger partial charge in [-0.25, -0.2) is 13.1 Å². The van der Waals surface area contributed by atoms with E-state index in [0.717, 1.165) is 16.3 Å². The van der Waals surface area contributed by atoms with Crippen molar-refractivity contribution in [1.82, 2.24) is 10.0 Å². The molecule has 0 spiro atoms. The van der Waals surface area contributed by atoms with Crippen LogP contribution in [0.25, 0.3) is 0 Å². The Morgan fingerprint density at radius 1 is 1.05 bits per heavy atom. The molecule has 4 nitrogen and oxygen atoms in total. The molecule has 0 bridgehead atoms. The average Bonchev–Trinajstić information content (AvgIpc) is 3.03. The number of hydrogen-bond acceptors (Lipinski definition) is 5. The quantitative estimate of drug-likeness (QED) is 0.821. The van der Waals surface area contributed by atoms with E-state index in [1.165, 1.54) is 16.2 Å². The van der Waals surface area contributed by atoms with E-state index < -0.39 is 10.0 Å². The fourth-order valence-electron chi connectivity index (χ4n) is 1.66. The standard InChI is InChI=1S/C13H18N2O2S3/c1-3-14-8-11-6-7-13(19-11)20(16,17)15-9-12-5-4-10(2)18-12/h4-7,14-15H,3,8-9H2,1-2H3.